The second kappa shape index (κ2) is 6.18. The first-order valence-electron chi connectivity index (χ1n) is 6.40. The Hall–Kier alpha value is -2.01. The Balaban J connectivity index is 2.18. The molecule has 0 aliphatic heterocycles. The molecule has 0 heterocycles. The first kappa shape index (κ1) is 15.4. The maximum atomic E-state index is 12.6. The number of alkyl halides is 3. The predicted molar refractivity (Wildman–Crippen MR) is 72.9 cm³/mol. The fraction of sp³-hybridized carbons (Fsp3) is 0.250. The van der Waals surface area contributed by atoms with Crippen molar-refractivity contribution in [2.75, 3.05) is 0 Å². The summed E-state index contributed by atoms with van der Waals surface area (Å²) in [5.74, 6) is 0.511. The Morgan fingerprint density at radius 2 is 1.81 bits per heavy atom. The SMILES string of the molecule is Cc1cccc(CO)c1OCc1cccc(C(F)(F)F)c1. The minimum atomic E-state index is -4.37. The van der Waals surface area contributed by atoms with Crippen LogP contribution in [0.5, 0.6) is 5.75 Å². The van der Waals surface area contributed by atoms with Gasteiger partial charge in [-0.25, -0.2) is 0 Å². The lowest BCUT2D eigenvalue weighted by atomic mass is 10.1. The number of para-hydroxylation sites is 1. The molecule has 0 aliphatic rings. The van der Waals surface area contributed by atoms with Gasteiger partial charge in [0.2, 0.25) is 0 Å². The largest absolute Gasteiger partial charge is 0.488 e. The second-order valence-corrected chi connectivity index (χ2v) is 4.71. The van der Waals surface area contributed by atoms with Crippen molar-refractivity contribution in [3.05, 3.63) is 64.7 Å². The van der Waals surface area contributed by atoms with Crippen LogP contribution in [0, 0.1) is 6.92 Å². The van der Waals surface area contributed by atoms with Crippen molar-refractivity contribution in [3.8, 4) is 5.75 Å². The van der Waals surface area contributed by atoms with Crippen molar-refractivity contribution >= 4 is 0 Å². The van der Waals surface area contributed by atoms with Gasteiger partial charge in [0.25, 0.3) is 0 Å². The van der Waals surface area contributed by atoms with Crippen LogP contribution in [0.2, 0.25) is 0 Å². The zero-order chi connectivity index (χ0) is 15.5. The molecule has 0 atom stereocenters. The van der Waals surface area contributed by atoms with Crippen molar-refractivity contribution in [1.29, 1.82) is 0 Å². The molecule has 5 heteroatoms. The van der Waals surface area contributed by atoms with Crippen molar-refractivity contribution < 1.29 is 23.0 Å². The molecule has 112 valence electrons. The van der Waals surface area contributed by atoms with Crippen molar-refractivity contribution in [2.24, 2.45) is 0 Å². The molecular formula is C16H15F3O2. The van der Waals surface area contributed by atoms with Crippen LogP contribution in [0.4, 0.5) is 13.2 Å². The molecule has 0 amide bonds. The minimum absolute atomic E-state index is 0.0156. The zero-order valence-corrected chi connectivity index (χ0v) is 11.4. The first-order chi connectivity index (χ1) is 9.91. The summed E-state index contributed by atoms with van der Waals surface area (Å²) in [5, 5.41) is 9.26. The molecule has 0 saturated heterocycles. The highest BCUT2D eigenvalue weighted by atomic mass is 19.4. The highest BCUT2D eigenvalue weighted by Gasteiger charge is 2.30. The number of hydrogen-bond donors (Lipinski definition) is 1. The molecule has 2 nitrogen and oxygen atoms in total. The zero-order valence-electron chi connectivity index (χ0n) is 11.4. The van der Waals surface area contributed by atoms with Gasteiger partial charge in [0.15, 0.2) is 0 Å². The van der Waals surface area contributed by atoms with Crippen molar-refractivity contribution in [2.45, 2.75) is 26.3 Å². The summed E-state index contributed by atoms with van der Waals surface area (Å²) in [6.45, 7) is 1.65. The molecule has 0 aromatic heterocycles. The number of hydrogen-bond acceptors (Lipinski definition) is 2. The van der Waals surface area contributed by atoms with E-state index in [2.05, 4.69) is 0 Å². The van der Waals surface area contributed by atoms with Gasteiger partial charge in [-0.2, -0.15) is 13.2 Å². The van der Waals surface area contributed by atoms with Crippen LogP contribution in [0.3, 0.4) is 0 Å². The molecular weight excluding hydrogens is 281 g/mol. The van der Waals surface area contributed by atoms with Gasteiger partial charge < -0.3 is 9.84 Å². The van der Waals surface area contributed by atoms with E-state index in [4.69, 9.17) is 4.74 Å². The van der Waals surface area contributed by atoms with Gasteiger partial charge in [0.05, 0.1) is 12.2 Å². The molecule has 2 aromatic rings. The molecule has 0 unspecified atom stereocenters. The van der Waals surface area contributed by atoms with Crippen LogP contribution >= 0.6 is 0 Å². The van der Waals surface area contributed by atoms with E-state index in [1.165, 1.54) is 6.07 Å². The number of rotatable bonds is 4. The van der Waals surface area contributed by atoms with Crippen LogP contribution in [0.25, 0.3) is 0 Å². The lowest BCUT2D eigenvalue weighted by molar-refractivity contribution is -0.137. The van der Waals surface area contributed by atoms with E-state index in [9.17, 15) is 18.3 Å². The summed E-state index contributed by atoms with van der Waals surface area (Å²) < 4.78 is 43.5. The predicted octanol–water partition coefficient (Wildman–Crippen LogP) is 4.09. The highest BCUT2D eigenvalue weighted by Crippen LogP contribution is 2.30. The van der Waals surface area contributed by atoms with E-state index >= 15 is 0 Å². The van der Waals surface area contributed by atoms with E-state index in [0.717, 1.165) is 17.7 Å². The lowest BCUT2D eigenvalue weighted by Gasteiger charge is -2.14. The monoisotopic (exact) mass is 296 g/mol. The summed E-state index contributed by atoms with van der Waals surface area (Å²) in [6.07, 6.45) is -4.37. The molecule has 0 bridgehead atoms. The average molecular weight is 296 g/mol. The Labute approximate surface area is 120 Å². The number of aliphatic hydroxyl groups is 1. The van der Waals surface area contributed by atoms with Crippen molar-refractivity contribution in [1.82, 2.24) is 0 Å². The Morgan fingerprint density at radius 3 is 2.48 bits per heavy atom. The van der Waals surface area contributed by atoms with Crippen LogP contribution in [-0.2, 0) is 19.4 Å². The maximum Gasteiger partial charge on any atom is 0.416 e. The molecule has 21 heavy (non-hydrogen) atoms. The van der Waals surface area contributed by atoms with Crippen LogP contribution < -0.4 is 4.74 Å². The first-order valence-corrected chi connectivity index (χ1v) is 6.40. The fourth-order valence-electron chi connectivity index (χ4n) is 2.04. The lowest BCUT2D eigenvalue weighted by Crippen LogP contribution is -2.06. The maximum absolute atomic E-state index is 12.6. The molecule has 0 saturated carbocycles. The van der Waals surface area contributed by atoms with Crippen LogP contribution in [0.1, 0.15) is 22.3 Å². The molecule has 0 spiro atoms. The number of halogens is 3. The molecule has 0 radical (unpaired) electrons. The third kappa shape index (κ3) is 3.76. The Kier molecular flexibility index (Phi) is 4.53. The quantitative estimate of drug-likeness (QED) is 0.921. The van der Waals surface area contributed by atoms with E-state index in [1.54, 1.807) is 18.2 Å². The fourth-order valence-corrected chi connectivity index (χ4v) is 2.04. The summed E-state index contributed by atoms with van der Waals surface area (Å²) in [4.78, 5) is 0. The molecule has 2 rings (SSSR count). The van der Waals surface area contributed by atoms with Gasteiger partial charge >= 0.3 is 6.18 Å². The molecule has 0 fully saturated rings. The molecule has 1 N–H and O–H groups in total. The van der Waals surface area contributed by atoms with E-state index in [1.807, 2.05) is 13.0 Å². The number of aliphatic hydroxyl groups excluding tert-OH is 1. The normalized spacial score (nSPS) is 11.5. The van der Waals surface area contributed by atoms with Crippen LogP contribution in [-0.4, -0.2) is 5.11 Å². The van der Waals surface area contributed by atoms with Gasteiger partial charge in [0.1, 0.15) is 12.4 Å². The number of aryl methyl sites for hydroxylation is 1. The second-order valence-electron chi connectivity index (χ2n) is 4.71. The summed E-state index contributed by atoms with van der Waals surface area (Å²) >= 11 is 0. The topological polar surface area (TPSA) is 29.5 Å². The summed E-state index contributed by atoms with van der Waals surface area (Å²) in [5.41, 5.74) is 1.17. The third-order valence-electron chi connectivity index (χ3n) is 3.10. The summed E-state index contributed by atoms with van der Waals surface area (Å²) in [6, 6.07) is 10.3. The minimum Gasteiger partial charge on any atom is -0.488 e. The Morgan fingerprint density at radius 1 is 1.10 bits per heavy atom. The van der Waals surface area contributed by atoms with Crippen molar-refractivity contribution in [3.63, 3.8) is 0 Å². The smallest absolute Gasteiger partial charge is 0.416 e. The van der Waals surface area contributed by atoms with Gasteiger partial charge in [0, 0.05) is 5.56 Å². The van der Waals surface area contributed by atoms with Gasteiger partial charge in [-0.1, -0.05) is 30.3 Å². The van der Waals surface area contributed by atoms with Gasteiger partial charge in [-0.3, -0.25) is 0 Å². The average Bonchev–Trinajstić information content (AvgIpc) is 2.45. The number of benzene rings is 2. The third-order valence-corrected chi connectivity index (χ3v) is 3.10. The summed E-state index contributed by atoms with van der Waals surface area (Å²) in [7, 11) is 0. The van der Waals surface area contributed by atoms with Crippen LogP contribution in [0.15, 0.2) is 42.5 Å². The van der Waals surface area contributed by atoms with Gasteiger partial charge in [-0.05, 0) is 30.2 Å². The molecule has 2 aromatic carbocycles. The van der Waals surface area contributed by atoms with E-state index in [0.29, 0.717) is 16.9 Å². The highest BCUT2D eigenvalue weighted by molar-refractivity contribution is 5.40. The number of ether oxygens (including phenoxy) is 1. The Bertz CT molecular complexity index is 621. The standard InChI is InChI=1S/C16H15F3O2/c1-11-4-2-6-13(9-20)15(11)21-10-12-5-3-7-14(8-12)16(17,18)19/h2-8,20H,9-10H2,1H3. The van der Waals surface area contributed by atoms with E-state index < -0.39 is 11.7 Å². The van der Waals surface area contributed by atoms with Gasteiger partial charge in [-0.15, -0.1) is 0 Å². The van der Waals surface area contributed by atoms with E-state index in [-0.39, 0.29) is 13.2 Å². The molecule has 0 aliphatic carbocycles.